The highest BCUT2D eigenvalue weighted by atomic mass is 32.2. The van der Waals surface area contributed by atoms with Crippen LogP contribution in [-0.2, 0) is 19.4 Å². The van der Waals surface area contributed by atoms with E-state index < -0.39 is 9.84 Å². The summed E-state index contributed by atoms with van der Waals surface area (Å²) in [7, 11) is -3.03. The number of allylic oxidation sites excluding steroid dienone is 1. The molecule has 124 valence electrons. The maximum Gasteiger partial charge on any atom is 0.244 e. The summed E-state index contributed by atoms with van der Waals surface area (Å²) in [6, 6.07) is 9.09. The molecule has 0 bridgehead atoms. The molecular weight excluding hydrogens is 316 g/mol. The van der Waals surface area contributed by atoms with Gasteiger partial charge in [-0.15, -0.1) is 0 Å². The highest BCUT2D eigenvalue weighted by molar-refractivity contribution is 7.91. The van der Waals surface area contributed by atoms with E-state index in [0.717, 1.165) is 11.1 Å². The van der Waals surface area contributed by atoms with E-state index in [4.69, 9.17) is 0 Å². The second-order valence-electron chi connectivity index (χ2n) is 5.58. The monoisotopic (exact) mass is 336 g/mol. The van der Waals surface area contributed by atoms with Crippen molar-refractivity contribution in [3.8, 4) is 0 Å². The Hall–Kier alpha value is -2.15. The first-order valence-electron chi connectivity index (χ1n) is 7.37. The molecule has 1 aliphatic heterocycles. The summed E-state index contributed by atoms with van der Waals surface area (Å²) in [5.74, 6) is -0.671. The van der Waals surface area contributed by atoms with Gasteiger partial charge in [0.2, 0.25) is 11.8 Å². The van der Waals surface area contributed by atoms with Crippen LogP contribution in [0, 0.1) is 0 Å². The SMILES string of the molecule is C/C(=C\C(=O)NCC(=O)NC1CCS(=O)(=O)C1)c1ccccc1. The summed E-state index contributed by atoms with van der Waals surface area (Å²) in [5.41, 5.74) is 1.73. The molecule has 1 aliphatic rings. The van der Waals surface area contributed by atoms with E-state index in [0.29, 0.717) is 6.42 Å². The van der Waals surface area contributed by atoms with Gasteiger partial charge in [0, 0.05) is 12.1 Å². The van der Waals surface area contributed by atoms with Crippen LogP contribution in [-0.4, -0.2) is 44.3 Å². The van der Waals surface area contributed by atoms with Crippen LogP contribution in [0.25, 0.3) is 5.57 Å². The number of carbonyl (C=O) groups is 2. The first kappa shape index (κ1) is 17.2. The van der Waals surface area contributed by atoms with Crippen LogP contribution in [0.3, 0.4) is 0 Å². The Morgan fingerprint density at radius 2 is 1.96 bits per heavy atom. The van der Waals surface area contributed by atoms with E-state index in [1.165, 1.54) is 6.08 Å². The van der Waals surface area contributed by atoms with Gasteiger partial charge in [-0.05, 0) is 24.5 Å². The first-order valence-corrected chi connectivity index (χ1v) is 9.19. The third-order valence-corrected chi connectivity index (χ3v) is 5.37. The Kier molecular flexibility index (Phi) is 5.54. The lowest BCUT2D eigenvalue weighted by Gasteiger charge is -2.11. The van der Waals surface area contributed by atoms with E-state index in [-0.39, 0.29) is 35.9 Å². The first-order chi connectivity index (χ1) is 10.9. The van der Waals surface area contributed by atoms with Gasteiger partial charge in [0.25, 0.3) is 0 Å². The molecule has 0 aliphatic carbocycles. The Bertz CT molecular complexity index is 711. The Morgan fingerprint density at radius 3 is 2.57 bits per heavy atom. The molecule has 6 nitrogen and oxygen atoms in total. The molecule has 1 atom stereocenters. The molecule has 2 N–H and O–H groups in total. The molecule has 1 saturated heterocycles. The predicted molar refractivity (Wildman–Crippen MR) is 88.3 cm³/mol. The number of benzene rings is 1. The molecule has 1 fully saturated rings. The zero-order valence-electron chi connectivity index (χ0n) is 12.9. The van der Waals surface area contributed by atoms with E-state index in [1.54, 1.807) is 0 Å². The maximum absolute atomic E-state index is 11.8. The fourth-order valence-corrected chi connectivity index (χ4v) is 4.06. The number of hydrogen-bond donors (Lipinski definition) is 2. The van der Waals surface area contributed by atoms with Crippen LogP contribution in [0.15, 0.2) is 36.4 Å². The number of carbonyl (C=O) groups excluding carboxylic acids is 2. The fraction of sp³-hybridized carbons (Fsp3) is 0.375. The smallest absolute Gasteiger partial charge is 0.244 e. The van der Waals surface area contributed by atoms with Crippen LogP contribution in [0.4, 0.5) is 0 Å². The molecule has 2 rings (SSSR count). The van der Waals surface area contributed by atoms with Crippen LogP contribution < -0.4 is 10.6 Å². The Morgan fingerprint density at radius 1 is 1.26 bits per heavy atom. The average molecular weight is 336 g/mol. The van der Waals surface area contributed by atoms with Gasteiger partial charge in [0.05, 0.1) is 18.1 Å². The summed E-state index contributed by atoms with van der Waals surface area (Å²) < 4.78 is 22.6. The summed E-state index contributed by atoms with van der Waals surface area (Å²) in [5, 5.41) is 5.12. The molecule has 0 spiro atoms. The fourth-order valence-electron chi connectivity index (χ4n) is 2.39. The van der Waals surface area contributed by atoms with Gasteiger partial charge in [0.15, 0.2) is 9.84 Å². The third-order valence-electron chi connectivity index (χ3n) is 3.60. The van der Waals surface area contributed by atoms with Gasteiger partial charge in [-0.3, -0.25) is 9.59 Å². The van der Waals surface area contributed by atoms with Gasteiger partial charge < -0.3 is 10.6 Å². The van der Waals surface area contributed by atoms with Crippen molar-refractivity contribution in [2.24, 2.45) is 0 Å². The topological polar surface area (TPSA) is 92.3 Å². The van der Waals surface area contributed by atoms with E-state index in [2.05, 4.69) is 10.6 Å². The minimum atomic E-state index is -3.03. The molecular formula is C16H20N2O4S. The van der Waals surface area contributed by atoms with Crippen molar-refractivity contribution in [1.82, 2.24) is 10.6 Å². The quantitative estimate of drug-likeness (QED) is 0.766. The zero-order valence-corrected chi connectivity index (χ0v) is 13.7. The second kappa shape index (κ2) is 7.41. The van der Waals surface area contributed by atoms with Crippen LogP contribution >= 0.6 is 0 Å². The lowest BCUT2D eigenvalue weighted by atomic mass is 10.1. The molecule has 7 heteroatoms. The number of sulfone groups is 1. The van der Waals surface area contributed by atoms with Crippen molar-refractivity contribution in [3.63, 3.8) is 0 Å². The second-order valence-corrected chi connectivity index (χ2v) is 7.81. The van der Waals surface area contributed by atoms with Crippen molar-refractivity contribution in [1.29, 1.82) is 0 Å². The number of rotatable bonds is 5. The number of amides is 2. The normalized spacial score (nSPS) is 20.0. The van der Waals surface area contributed by atoms with Crippen molar-refractivity contribution in [2.45, 2.75) is 19.4 Å². The molecule has 0 saturated carbocycles. The minimum absolute atomic E-state index is 0.0281. The van der Waals surface area contributed by atoms with E-state index in [9.17, 15) is 18.0 Å². The number of hydrogen-bond acceptors (Lipinski definition) is 4. The molecule has 0 radical (unpaired) electrons. The van der Waals surface area contributed by atoms with Gasteiger partial charge >= 0.3 is 0 Å². The summed E-state index contributed by atoms with van der Waals surface area (Å²) >= 11 is 0. The average Bonchev–Trinajstić information content (AvgIpc) is 2.85. The highest BCUT2D eigenvalue weighted by Gasteiger charge is 2.28. The van der Waals surface area contributed by atoms with Gasteiger partial charge in [0.1, 0.15) is 0 Å². The summed E-state index contributed by atoms with van der Waals surface area (Å²) in [4.78, 5) is 23.5. The van der Waals surface area contributed by atoms with Gasteiger partial charge in [-0.1, -0.05) is 30.3 Å². The van der Waals surface area contributed by atoms with Crippen molar-refractivity contribution in [3.05, 3.63) is 42.0 Å². The van der Waals surface area contributed by atoms with Gasteiger partial charge in [-0.2, -0.15) is 0 Å². The molecule has 23 heavy (non-hydrogen) atoms. The Labute approximate surface area is 135 Å². The predicted octanol–water partition coefficient (Wildman–Crippen LogP) is 0.509. The molecule has 1 unspecified atom stereocenters. The minimum Gasteiger partial charge on any atom is -0.351 e. The molecule has 1 heterocycles. The number of nitrogens with one attached hydrogen (secondary N) is 2. The molecule has 1 aromatic rings. The third kappa shape index (κ3) is 5.52. The van der Waals surface area contributed by atoms with Crippen LogP contribution in [0.1, 0.15) is 18.9 Å². The van der Waals surface area contributed by atoms with Crippen molar-refractivity contribution < 1.29 is 18.0 Å². The summed E-state index contributed by atoms with van der Waals surface area (Å²) in [6.45, 7) is 1.65. The van der Waals surface area contributed by atoms with Crippen molar-refractivity contribution in [2.75, 3.05) is 18.1 Å². The lowest BCUT2D eigenvalue weighted by Crippen LogP contribution is -2.42. The molecule has 0 aromatic heterocycles. The van der Waals surface area contributed by atoms with Crippen molar-refractivity contribution >= 4 is 27.2 Å². The largest absolute Gasteiger partial charge is 0.351 e. The van der Waals surface area contributed by atoms with E-state index >= 15 is 0 Å². The molecule has 2 amide bonds. The standard InChI is InChI=1S/C16H20N2O4S/c1-12(13-5-3-2-4-6-13)9-15(19)17-10-16(20)18-14-7-8-23(21,22)11-14/h2-6,9,14H,7-8,10-11H2,1H3,(H,17,19)(H,18,20)/b12-9+. The maximum atomic E-state index is 11.8. The van der Waals surface area contributed by atoms with Crippen LogP contribution in [0.2, 0.25) is 0 Å². The van der Waals surface area contributed by atoms with Crippen LogP contribution in [0.5, 0.6) is 0 Å². The highest BCUT2D eigenvalue weighted by Crippen LogP contribution is 2.12. The molecule has 1 aromatic carbocycles. The summed E-state index contributed by atoms with van der Waals surface area (Å²) in [6.07, 6.45) is 1.86. The Balaban J connectivity index is 1.79. The van der Waals surface area contributed by atoms with E-state index in [1.807, 2.05) is 37.3 Å². The lowest BCUT2D eigenvalue weighted by molar-refractivity contribution is -0.124. The zero-order chi connectivity index (χ0) is 16.9. The van der Waals surface area contributed by atoms with Gasteiger partial charge in [-0.25, -0.2) is 8.42 Å².